The number of urea groups is 1. The Morgan fingerprint density at radius 2 is 2.43 bits per heavy atom. The summed E-state index contributed by atoms with van der Waals surface area (Å²) in [5.74, 6) is 6.27. The first-order valence-corrected chi connectivity index (χ1v) is 6.75. The molecule has 0 aliphatic carbocycles. The van der Waals surface area contributed by atoms with Gasteiger partial charge in [0.2, 0.25) is 0 Å². The van der Waals surface area contributed by atoms with Crippen LogP contribution in [0.5, 0.6) is 5.75 Å². The van der Waals surface area contributed by atoms with E-state index in [4.69, 9.17) is 15.2 Å². The van der Waals surface area contributed by atoms with E-state index in [0.717, 1.165) is 12.0 Å². The minimum atomic E-state index is -0.285. The first-order chi connectivity index (χ1) is 10.2. The molecule has 2 rings (SSSR count). The van der Waals surface area contributed by atoms with E-state index in [1.165, 1.54) is 0 Å². The number of hydrogen-bond donors (Lipinski definition) is 3. The van der Waals surface area contributed by atoms with E-state index in [2.05, 4.69) is 22.5 Å². The molecule has 1 fully saturated rings. The Balaban J connectivity index is 2.07. The zero-order valence-electron chi connectivity index (χ0n) is 11.9. The number of hydrogen-bond acceptors (Lipinski definition) is 4. The minimum Gasteiger partial charge on any atom is -0.495 e. The quantitative estimate of drug-likeness (QED) is 0.722. The standard InChI is InChI=1S/C15H19N3O3/c1-20-14-5-4-11(3-2-7-16)9-13(14)18-15(19)17-12-6-8-21-10-12/h4-5,9,12H,6-8,10,16H2,1H3,(H2,17,18,19). The average Bonchev–Trinajstić information content (AvgIpc) is 2.98. The van der Waals surface area contributed by atoms with Gasteiger partial charge in [-0.3, -0.25) is 0 Å². The third kappa shape index (κ3) is 4.38. The number of ether oxygens (including phenoxy) is 2. The number of amides is 2. The highest BCUT2D eigenvalue weighted by atomic mass is 16.5. The van der Waals surface area contributed by atoms with Gasteiger partial charge in [0.05, 0.1) is 32.0 Å². The minimum absolute atomic E-state index is 0.0520. The lowest BCUT2D eigenvalue weighted by Crippen LogP contribution is -2.38. The molecule has 1 aliphatic rings. The van der Waals surface area contributed by atoms with Gasteiger partial charge >= 0.3 is 6.03 Å². The molecule has 2 amide bonds. The fourth-order valence-electron chi connectivity index (χ4n) is 2.03. The molecule has 1 aliphatic heterocycles. The fraction of sp³-hybridized carbons (Fsp3) is 0.400. The van der Waals surface area contributed by atoms with Crippen molar-refractivity contribution in [3.63, 3.8) is 0 Å². The van der Waals surface area contributed by atoms with Gasteiger partial charge in [-0.1, -0.05) is 11.8 Å². The first kappa shape index (κ1) is 15.2. The third-order valence-electron chi connectivity index (χ3n) is 3.05. The van der Waals surface area contributed by atoms with Gasteiger partial charge < -0.3 is 25.8 Å². The molecule has 4 N–H and O–H groups in total. The molecule has 1 heterocycles. The summed E-state index contributed by atoms with van der Waals surface area (Å²) in [7, 11) is 1.55. The normalized spacial score (nSPS) is 16.8. The maximum Gasteiger partial charge on any atom is 0.319 e. The van der Waals surface area contributed by atoms with Gasteiger partial charge in [-0.05, 0) is 24.6 Å². The summed E-state index contributed by atoms with van der Waals surface area (Å²) in [6, 6.07) is 5.10. The van der Waals surface area contributed by atoms with Crippen molar-refractivity contribution < 1.29 is 14.3 Å². The molecule has 112 valence electrons. The summed E-state index contributed by atoms with van der Waals surface area (Å²) in [6.45, 7) is 1.52. The van der Waals surface area contributed by atoms with Crippen LogP contribution in [0.4, 0.5) is 10.5 Å². The van der Waals surface area contributed by atoms with Crippen molar-refractivity contribution in [2.75, 3.05) is 32.2 Å². The molecular weight excluding hydrogens is 270 g/mol. The van der Waals surface area contributed by atoms with E-state index in [-0.39, 0.29) is 18.6 Å². The molecular formula is C15H19N3O3. The van der Waals surface area contributed by atoms with Crippen molar-refractivity contribution >= 4 is 11.7 Å². The van der Waals surface area contributed by atoms with Gasteiger partial charge in [0.15, 0.2) is 0 Å². The van der Waals surface area contributed by atoms with Crippen LogP contribution in [0.15, 0.2) is 18.2 Å². The number of carbonyl (C=O) groups is 1. The van der Waals surface area contributed by atoms with Gasteiger partial charge in [-0.2, -0.15) is 0 Å². The maximum absolute atomic E-state index is 12.0. The molecule has 1 saturated heterocycles. The lowest BCUT2D eigenvalue weighted by atomic mass is 10.2. The Morgan fingerprint density at radius 3 is 3.10 bits per heavy atom. The van der Waals surface area contributed by atoms with Crippen LogP contribution in [0.1, 0.15) is 12.0 Å². The molecule has 1 unspecified atom stereocenters. The third-order valence-corrected chi connectivity index (χ3v) is 3.05. The summed E-state index contributed by atoms with van der Waals surface area (Å²) >= 11 is 0. The predicted molar refractivity (Wildman–Crippen MR) is 80.3 cm³/mol. The van der Waals surface area contributed by atoms with Gasteiger partial charge in [-0.25, -0.2) is 4.79 Å². The zero-order chi connectivity index (χ0) is 15.1. The van der Waals surface area contributed by atoms with Crippen LogP contribution >= 0.6 is 0 Å². The summed E-state index contributed by atoms with van der Waals surface area (Å²) in [6.07, 6.45) is 0.826. The lowest BCUT2D eigenvalue weighted by molar-refractivity contribution is 0.189. The highest BCUT2D eigenvalue weighted by Gasteiger charge is 2.18. The Labute approximate surface area is 124 Å². The molecule has 6 nitrogen and oxygen atoms in total. The second-order valence-corrected chi connectivity index (χ2v) is 4.58. The van der Waals surface area contributed by atoms with Crippen LogP contribution in [0.3, 0.4) is 0 Å². The van der Waals surface area contributed by atoms with Gasteiger partial charge in [0.25, 0.3) is 0 Å². The number of nitrogens with one attached hydrogen (secondary N) is 2. The zero-order valence-corrected chi connectivity index (χ0v) is 11.9. The molecule has 1 aromatic carbocycles. The summed E-state index contributed by atoms with van der Waals surface area (Å²) in [4.78, 5) is 12.0. The van der Waals surface area contributed by atoms with Crippen molar-refractivity contribution in [1.82, 2.24) is 5.32 Å². The second kappa shape index (κ2) is 7.53. The SMILES string of the molecule is COc1ccc(C#CCN)cc1NC(=O)NC1CCOC1. The van der Waals surface area contributed by atoms with E-state index in [1.807, 2.05) is 6.07 Å². The van der Waals surface area contributed by atoms with Crippen LogP contribution < -0.4 is 21.1 Å². The van der Waals surface area contributed by atoms with Crippen molar-refractivity contribution in [2.24, 2.45) is 5.73 Å². The number of anilines is 1. The predicted octanol–water partition coefficient (Wildman–Crippen LogP) is 0.916. The number of methoxy groups -OCH3 is 1. The summed E-state index contributed by atoms with van der Waals surface area (Å²) < 4.78 is 10.5. The fourth-order valence-corrected chi connectivity index (χ4v) is 2.03. The van der Waals surface area contributed by atoms with Gasteiger partial charge in [0.1, 0.15) is 5.75 Å². The van der Waals surface area contributed by atoms with Crippen molar-refractivity contribution in [2.45, 2.75) is 12.5 Å². The highest BCUT2D eigenvalue weighted by molar-refractivity contribution is 5.91. The van der Waals surface area contributed by atoms with E-state index >= 15 is 0 Å². The molecule has 6 heteroatoms. The second-order valence-electron chi connectivity index (χ2n) is 4.58. The van der Waals surface area contributed by atoms with Gasteiger partial charge in [-0.15, -0.1) is 0 Å². The number of benzene rings is 1. The molecule has 0 saturated carbocycles. The number of rotatable bonds is 3. The Hall–Kier alpha value is -2.23. The number of carbonyl (C=O) groups excluding carboxylic acids is 1. The summed E-state index contributed by atoms with van der Waals surface area (Å²) in [5.41, 5.74) is 6.68. The van der Waals surface area contributed by atoms with E-state index in [0.29, 0.717) is 24.7 Å². The highest BCUT2D eigenvalue weighted by Crippen LogP contribution is 2.25. The molecule has 0 spiro atoms. The topological polar surface area (TPSA) is 85.6 Å². The molecule has 21 heavy (non-hydrogen) atoms. The molecule has 1 atom stereocenters. The number of nitrogens with two attached hydrogens (primary N) is 1. The molecule has 0 radical (unpaired) electrons. The van der Waals surface area contributed by atoms with E-state index < -0.39 is 0 Å². The first-order valence-electron chi connectivity index (χ1n) is 6.75. The van der Waals surface area contributed by atoms with Crippen molar-refractivity contribution in [3.05, 3.63) is 23.8 Å². The van der Waals surface area contributed by atoms with E-state index in [1.54, 1.807) is 19.2 Å². The smallest absolute Gasteiger partial charge is 0.319 e. The van der Waals surface area contributed by atoms with Crippen LogP contribution in [0.2, 0.25) is 0 Å². The molecule has 0 bridgehead atoms. The van der Waals surface area contributed by atoms with Crippen molar-refractivity contribution in [3.8, 4) is 17.6 Å². The monoisotopic (exact) mass is 289 g/mol. The molecule has 0 aromatic heterocycles. The molecule has 1 aromatic rings. The van der Waals surface area contributed by atoms with Crippen LogP contribution in [-0.4, -0.2) is 38.9 Å². The van der Waals surface area contributed by atoms with Crippen LogP contribution in [0, 0.1) is 11.8 Å². The van der Waals surface area contributed by atoms with Crippen LogP contribution in [-0.2, 0) is 4.74 Å². The Kier molecular flexibility index (Phi) is 5.43. The largest absolute Gasteiger partial charge is 0.495 e. The van der Waals surface area contributed by atoms with Crippen LogP contribution in [0.25, 0.3) is 0 Å². The van der Waals surface area contributed by atoms with Crippen molar-refractivity contribution in [1.29, 1.82) is 0 Å². The lowest BCUT2D eigenvalue weighted by Gasteiger charge is -2.14. The average molecular weight is 289 g/mol. The van der Waals surface area contributed by atoms with Gasteiger partial charge in [0, 0.05) is 12.2 Å². The Morgan fingerprint density at radius 1 is 1.57 bits per heavy atom. The van der Waals surface area contributed by atoms with E-state index in [9.17, 15) is 4.79 Å². The summed E-state index contributed by atoms with van der Waals surface area (Å²) in [5, 5.41) is 5.63. The Bertz CT molecular complexity index is 557. The maximum atomic E-state index is 12.0.